The molecule has 1 aliphatic heterocycles. The van der Waals surface area contributed by atoms with Gasteiger partial charge in [0.15, 0.2) is 0 Å². The maximum atomic E-state index is 11.1. The summed E-state index contributed by atoms with van der Waals surface area (Å²) in [5.74, 6) is -1.06. The number of benzene rings is 1. The van der Waals surface area contributed by atoms with Crippen molar-refractivity contribution in [1.29, 1.82) is 0 Å². The van der Waals surface area contributed by atoms with E-state index < -0.39 is 5.97 Å². The van der Waals surface area contributed by atoms with Crippen molar-refractivity contribution in [3.8, 4) is 5.75 Å². The number of nitrogens with one attached hydrogen (secondary N) is 1. The van der Waals surface area contributed by atoms with Crippen LogP contribution in [0.2, 0.25) is 5.02 Å². The number of halogens is 1. The number of amides is 1. The first-order valence-electron chi connectivity index (χ1n) is 4.99. The van der Waals surface area contributed by atoms with Crippen LogP contribution < -0.4 is 39.6 Å². The maximum absolute atomic E-state index is 11.1. The van der Waals surface area contributed by atoms with Crippen LogP contribution in [0.3, 0.4) is 0 Å². The smallest absolute Gasteiger partial charge is 1.00 e. The van der Waals surface area contributed by atoms with Gasteiger partial charge < -0.3 is 16.6 Å². The topological polar surface area (TPSA) is 75.6 Å². The van der Waals surface area contributed by atoms with Gasteiger partial charge >= 0.3 is 35.5 Å². The Hall–Kier alpha value is -0.750. The van der Waals surface area contributed by atoms with E-state index >= 15 is 0 Å². The quantitative estimate of drug-likeness (QED) is 0.685. The van der Waals surface area contributed by atoms with Gasteiger partial charge in [0.05, 0.1) is 17.3 Å². The van der Waals surface area contributed by atoms with Crippen LogP contribution in [0.1, 0.15) is 24.3 Å². The van der Waals surface area contributed by atoms with Gasteiger partial charge in [-0.15, -0.1) is 0 Å². The zero-order valence-electron chi connectivity index (χ0n) is 11.0. The average molecular weight is 280 g/mol. The van der Waals surface area contributed by atoms with E-state index in [1.54, 1.807) is 0 Å². The summed E-state index contributed by atoms with van der Waals surface area (Å²) < 4.78 is 5.28. The minimum absolute atomic E-state index is 0. The van der Waals surface area contributed by atoms with Gasteiger partial charge in [-0.1, -0.05) is 11.6 Å². The molecule has 18 heavy (non-hydrogen) atoms. The van der Waals surface area contributed by atoms with Crippen LogP contribution in [0.25, 0.3) is 0 Å². The molecule has 92 valence electrons. The first-order valence-corrected chi connectivity index (χ1v) is 5.37. The summed E-state index contributed by atoms with van der Waals surface area (Å²) in [6.45, 7) is 1.76. The number of hydrogen-bond donors (Lipinski definition) is 2. The van der Waals surface area contributed by atoms with Gasteiger partial charge in [0.2, 0.25) is 5.91 Å². The minimum atomic E-state index is -1.10. The van der Waals surface area contributed by atoms with E-state index in [-0.39, 0.29) is 47.5 Å². The molecule has 0 unspecified atom stereocenters. The molecule has 2 rings (SSSR count). The molecule has 0 spiro atoms. The second kappa shape index (κ2) is 5.93. The molecule has 0 radical (unpaired) electrons. The molecule has 5 nitrogen and oxygen atoms in total. The minimum Gasteiger partial charge on any atom is -1.00 e. The molecule has 1 aromatic rings. The number of fused-ring (bicyclic) bond motifs is 1. The SMILES string of the molecule is CC(=O)Nc1c(Cl)cc(C(=O)O)c2c1CCO2.[H-].[Na+]. The van der Waals surface area contributed by atoms with Crippen molar-refractivity contribution in [2.75, 3.05) is 11.9 Å². The number of ether oxygens (including phenoxy) is 1. The number of rotatable bonds is 2. The summed E-state index contributed by atoms with van der Waals surface area (Å²) in [5.41, 5.74) is 1.11. The van der Waals surface area contributed by atoms with Gasteiger partial charge in [-0.25, -0.2) is 4.79 Å². The molecule has 0 saturated heterocycles. The summed E-state index contributed by atoms with van der Waals surface area (Å²) in [6, 6.07) is 1.29. The van der Waals surface area contributed by atoms with Crippen LogP contribution in [0.4, 0.5) is 5.69 Å². The van der Waals surface area contributed by atoms with E-state index in [4.69, 9.17) is 21.4 Å². The summed E-state index contributed by atoms with van der Waals surface area (Å²) >= 11 is 5.97. The van der Waals surface area contributed by atoms with Crippen LogP contribution >= 0.6 is 11.6 Å². The van der Waals surface area contributed by atoms with Gasteiger partial charge in [-0.2, -0.15) is 0 Å². The van der Waals surface area contributed by atoms with Crippen LogP contribution in [-0.4, -0.2) is 23.6 Å². The third kappa shape index (κ3) is 2.80. The first kappa shape index (κ1) is 15.3. The van der Waals surface area contributed by atoms with Gasteiger partial charge in [0, 0.05) is 18.9 Å². The third-order valence-corrected chi connectivity index (χ3v) is 2.76. The summed E-state index contributed by atoms with van der Waals surface area (Å²) in [6.07, 6.45) is 0.534. The van der Waals surface area contributed by atoms with Crippen molar-refractivity contribution < 1.29 is 50.4 Å². The zero-order chi connectivity index (χ0) is 12.6. The average Bonchev–Trinajstić information content (AvgIpc) is 2.69. The number of carboxylic acids is 1. The van der Waals surface area contributed by atoms with Gasteiger partial charge in [-0.3, -0.25) is 4.79 Å². The Morgan fingerprint density at radius 3 is 2.78 bits per heavy atom. The van der Waals surface area contributed by atoms with Crippen molar-refractivity contribution in [3.05, 3.63) is 22.2 Å². The van der Waals surface area contributed by atoms with Crippen molar-refractivity contribution in [3.63, 3.8) is 0 Å². The zero-order valence-corrected chi connectivity index (χ0v) is 12.8. The van der Waals surface area contributed by atoms with Crippen LogP contribution in [0.15, 0.2) is 6.07 Å². The normalized spacial score (nSPS) is 12.1. The number of carbonyl (C=O) groups is 2. The summed E-state index contributed by atoms with van der Waals surface area (Å²) in [4.78, 5) is 22.1. The second-order valence-electron chi connectivity index (χ2n) is 3.67. The van der Waals surface area contributed by atoms with E-state index in [1.165, 1.54) is 13.0 Å². The number of carboxylic acid groups (broad SMARTS) is 1. The van der Waals surface area contributed by atoms with Crippen molar-refractivity contribution in [2.45, 2.75) is 13.3 Å². The first-order chi connectivity index (χ1) is 8.00. The number of anilines is 1. The van der Waals surface area contributed by atoms with E-state index in [0.29, 0.717) is 30.0 Å². The third-order valence-electron chi connectivity index (χ3n) is 2.46. The Morgan fingerprint density at radius 2 is 2.22 bits per heavy atom. The molecular weight excluding hydrogens is 269 g/mol. The van der Waals surface area contributed by atoms with E-state index in [2.05, 4.69) is 5.32 Å². The number of carbonyl (C=O) groups excluding carboxylic acids is 1. The molecule has 1 aromatic carbocycles. The van der Waals surface area contributed by atoms with Crippen molar-refractivity contribution >= 4 is 29.2 Å². The van der Waals surface area contributed by atoms with Crippen molar-refractivity contribution in [2.24, 2.45) is 0 Å². The molecule has 0 saturated carbocycles. The maximum Gasteiger partial charge on any atom is 1.00 e. The van der Waals surface area contributed by atoms with Gasteiger partial charge in [-0.05, 0) is 6.07 Å². The molecule has 0 bridgehead atoms. The van der Waals surface area contributed by atoms with Gasteiger partial charge in [0.25, 0.3) is 0 Å². The molecule has 1 amide bonds. The fourth-order valence-electron chi connectivity index (χ4n) is 1.81. The Labute approximate surface area is 132 Å². The number of aromatic carboxylic acids is 1. The molecule has 0 aliphatic carbocycles. The Balaban J connectivity index is 0.00000162. The van der Waals surface area contributed by atoms with Crippen LogP contribution in [-0.2, 0) is 11.2 Å². The number of hydrogen-bond acceptors (Lipinski definition) is 3. The van der Waals surface area contributed by atoms with E-state index in [9.17, 15) is 9.59 Å². The van der Waals surface area contributed by atoms with Crippen molar-refractivity contribution in [1.82, 2.24) is 0 Å². The molecule has 0 fully saturated rings. The van der Waals surface area contributed by atoms with E-state index in [0.717, 1.165) is 0 Å². The fraction of sp³-hybridized carbons (Fsp3) is 0.273. The largest absolute Gasteiger partial charge is 1.00 e. The Kier molecular flexibility index (Phi) is 5.04. The van der Waals surface area contributed by atoms with Gasteiger partial charge in [0.1, 0.15) is 11.3 Å². The molecule has 1 heterocycles. The molecule has 7 heteroatoms. The molecule has 0 aromatic heterocycles. The fourth-order valence-corrected chi connectivity index (χ4v) is 2.08. The standard InChI is InChI=1S/C11H10ClNO4.Na.H/c1-5(14)13-9-6-2-3-17-10(6)7(11(15)16)4-8(9)12;;/h4H,2-3H2,1H3,(H,13,14)(H,15,16);;/q;+1;-1. The molecular formula is C11H11ClNNaO4. The summed E-state index contributed by atoms with van der Waals surface area (Å²) in [5, 5.41) is 11.8. The summed E-state index contributed by atoms with van der Waals surface area (Å²) in [7, 11) is 0. The van der Waals surface area contributed by atoms with E-state index in [1.807, 2.05) is 0 Å². The van der Waals surface area contributed by atoms with Crippen LogP contribution in [0, 0.1) is 0 Å². The molecule has 2 N–H and O–H groups in total. The monoisotopic (exact) mass is 279 g/mol. The molecule has 0 atom stereocenters. The Bertz CT molecular complexity index is 524. The van der Waals surface area contributed by atoms with Crippen LogP contribution in [0.5, 0.6) is 5.75 Å². The predicted molar refractivity (Wildman–Crippen MR) is 63.0 cm³/mol. The second-order valence-corrected chi connectivity index (χ2v) is 4.08. The Morgan fingerprint density at radius 1 is 1.56 bits per heavy atom. The molecule has 1 aliphatic rings. The predicted octanol–water partition coefficient (Wildman–Crippen LogP) is -0.952.